The highest BCUT2D eigenvalue weighted by Crippen LogP contribution is 2.73. The Labute approximate surface area is 712 Å². The van der Waals surface area contributed by atoms with Crippen molar-refractivity contribution in [2.24, 2.45) is 191 Å². The molecule has 0 spiro atoms. The molecule has 16 rings (SSSR count). The van der Waals surface area contributed by atoms with E-state index in [-0.39, 0.29) is 58.2 Å². The van der Waals surface area contributed by atoms with E-state index in [0.717, 1.165) is 62.2 Å². The molecule has 0 aromatic carbocycles. The number of aliphatic hydroxyl groups excluding tert-OH is 2. The molecule has 0 heterocycles. The van der Waals surface area contributed by atoms with Crippen molar-refractivity contribution in [3.05, 3.63) is 34.9 Å². The van der Waals surface area contributed by atoms with Gasteiger partial charge in [-0.25, -0.2) is 0 Å². The standard InChI is InChI=1S/3C25H41O3P.C25H39O3P/c4*1-15-9-11-24(3)17(13-15)14-21(26)23-19-7-6-18(16(2)5-8-22(27)28-29)25(19,4)12-10-20(23)24/h15-20,23H,5-14,29H2,1-4H3;2*14-16,18-21,23,26H,5-13,29H2,1-4H3;14-16,18-20,23H,5-13,29H2,1-4H3/t15-,16-,17+,18-,19?,20?,23?,24+,25-;15-,16-,18-,19?,20?,21+,23?,24+,25-;15-,16-,18-,19?,20?,21-,23?,24+,25-;15-,16-,18-,19?,20?,23?,24+,25-/m1111/s1. The lowest BCUT2D eigenvalue weighted by molar-refractivity contribution is -0.158. The molecule has 16 unspecified atom stereocenters. The van der Waals surface area contributed by atoms with Gasteiger partial charge < -0.3 is 28.3 Å². The minimum atomic E-state index is -0.265. The SMILES string of the molecule is C[C@@H]1CC[C@@]2(C)C(=CC(=O)C3C2CC[C@@]2(C)C3CC[C@@H]2[C@H](C)CCC(=O)OP)C1.C[C@@H]1CC[C@@]2(C)C(=C[C@@H](O)C3C2CC[C@@]2(C)C3CC[C@@H]2[C@H](C)CCC(=O)OP)C1.C[C@@H]1CC[C@@]2(C)C(=C[C@H](O)C3C2CC[C@@]2(C)C3CC[C@@H]2[C@H](C)CCC(=O)OP)C1.C[C@@H]1CC[C@]2(C)C3CC[C@@]4(C)C(CC[C@@H]4[C@H](C)CCC(=O)OP)C3C(=O)C[C@@H]2C1. The summed E-state index contributed by atoms with van der Waals surface area (Å²) in [5.41, 5.74) is 6.96. The van der Waals surface area contributed by atoms with Gasteiger partial charge >= 0.3 is 23.9 Å². The van der Waals surface area contributed by atoms with E-state index in [2.05, 4.69) is 167 Å². The number of hydrogen-bond acceptors (Lipinski definition) is 12. The van der Waals surface area contributed by atoms with Crippen LogP contribution < -0.4 is 0 Å². The fourth-order valence-corrected chi connectivity index (χ4v) is 34.2. The van der Waals surface area contributed by atoms with Gasteiger partial charge in [0.1, 0.15) is 5.78 Å². The van der Waals surface area contributed by atoms with Crippen molar-refractivity contribution in [2.45, 2.75) is 361 Å². The molecule has 0 aliphatic heterocycles. The van der Waals surface area contributed by atoms with Crippen LogP contribution in [0.1, 0.15) is 348 Å². The Bertz CT molecular complexity index is 3530. The molecular weight excluding hydrogens is 1520 g/mol. The Morgan fingerprint density at radius 1 is 0.371 bits per heavy atom. The van der Waals surface area contributed by atoms with Crippen molar-refractivity contribution in [3.8, 4) is 0 Å². The summed E-state index contributed by atoms with van der Waals surface area (Å²) in [6, 6.07) is 0. The summed E-state index contributed by atoms with van der Waals surface area (Å²) in [5, 5.41) is 22.6. The molecule has 0 radical (unpaired) electrons. The van der Waals surface area contributed by atoms with Crippen LogP contribution in [0, 0.1) is 191 Å². The van der Waals surface area contributed by atoms with Gasteiger partial charge in [0.2, 0.25) is 0 Å². The molecule has 0 bridgehead atoms. The summed E-state index contributed by atoms with van der Waals surface area (Å²) in [6.45, 7) is 38.8. The Morgan fingerprint density at radius 3 is 1.05 bits per heavy atom. The van der Waals surface area contributed by atoms with Gasteiger partial charge in [0, 0.05) is 43.9 Å². The van der Waals surface area contributed by atoms with E-state index in [1.165, 1.54) is 179 Å². The summed E-state index contributed by atoms with van der Waals surface area (Å²) < 4.78 is 19.1. The highest BCUT2D eigenvalue weighted by Gasteiger charge is 2.67. The second-order valence-electron chi connectivity index (χ2n) is 46.0. The van der Waals surface area contributed by atoms with Crippen LogP contribution in [0.15, 0.2) is 34.9 Å². The van der Waals surface area contributed by atoms with Crippen LogP contribution in [0.3, 0.4) is 0 Å². The molecule has 16 aliphatic carbocycles. The molecule has 12 nitrogen and oxygen atoms in total. The monoisotopic (exact) mass is 1680 g/mol. The molecule has 2 N–H and O–H groups in total. The van der Waals surface area contributed by atoms with Crippen molar-refractivity contribution in [2.75, 3.05) is 0 Å². The third kappa shape index (κ3) is 16.9. The summed E-state index contributed by atoms with van der Waals surface area (Å²) in [4.78, 5) is 73.4. The van der Waals surface area contributed by atoms with Gasteiger partial charge in [0.05, 0.1) is 50.1 Å². The zero-order chi connectivity index (χ0) is 83.9. The predicted octanol–water partition coefficient (Wildman–Crippen LogP) is 24.2. The van der Waals surface area contributed by atoms with Crippen molar-refractivity contribution in [3.63, 3.8) is 0 Å². The third-order valence-electron chi connectivity index (χ3n) is 40.5. The molecule has 116 heavy (non-hydrogen) atoms. The zero-order valence-corrected chi connectivity index (χ0v) is 79.9. The summed E-state index contributed by atoms with van der Waals surface area (Å²) >= 11 is 0. The fourth-order valence-electron chi connectivity index (χ4n) is 33.7. The first-order valence-electron chi connectivity index (χ1n) is 48.0. The molecule has 0 aromatic heterocycles. The maximum absolute atomic E-state index is 13.5. The van der Waals surface area contributed by atoms with Gasteiger partial charge in [0.25, 0.3) is 0 Å². The molecular formula is C100H162O12P4. The Balaban J connectivity index is 0.000000135. The quantitative estimate of drug-likeness (QED) is 0.110. The number of hydrogen-bond donors (Lipinski definition) is 2. The number of fused-ring (bicyclic) bond motifs is 20. The summed E-state index contributed by atoms with van der Waals surface area (Å²) in [5.74, 6) is 15.0. The molecule has 0 amide bonds. The number of carbonyl (C=O) groups is 6. The molecule has 13 fully saturated rings. The number of ketones is 2. The van der Waals surface area contributed by atoms with E-state index in [0.29, 0.717) is 183 Å². The second kappa shape index (κ2) is 36.2. The van der Waals surface area contributed by atoms with Gasteiger partial charge in [0.15, 0.2) is 5.78 Å². The van der Waals surface area contributed by atoms with Crippen LogP contribution in [0.5, 0.6) is 0 Å². The van der Waals surface area contributed by atoms with Crippen molar-refractivity contribution >= 4 is 73.3 Å². The first-order valence-corrected chi connectivity index (χ1v) is 49.8. The highest BCUT2D eigenvalue weighted by molar-refractivity contribution is 7.11. The zero-order valence-electron chi connectivity index (χ0n) is 75.3. The van der Waals surface area contributed by atoms with Crippen LogP contribution in [0.25, 0.3) is 0 Å². The first kappa shape index (κ1) is 91.8. The maximum Gasteiger partial charge on any atom is 0.307 e. The van der Waals surface area contributed by atoms with Gasteiger partial charge in [-0.05, 0) is 385 Å². The lowest BCUT2D eigenvalue weighted by atomic mass is 9.43. The highest BCUT2D eigenvalue weighted by atomic mass is 31.0. The Kier molecular flexibility index (Phi) is 28.6. The third-order valence-corrected chi connectivity index (χ3v) is 41.5. The van der Waals surface area contributed by atoms with E-state index in [9.17, 15) is 39.0 Å². The van der Waals surface area contributed by atoms with E-state index < -0.39 is 0 Å². The minimum absolute atomic E-state index is 0.120. The minimum Gasteiger partial charge on any atom is -0.452 e. The number of aliphatic hydroxyl groups is 2. The smallest absolute Gasteiger partial charge is 0.307 e. The number of Topliss-reactive ketones (excluding diaryl/α,β-unsaturated/α-hetero) is 1. The van der Waals surface area contributed by atoms with Crippen LogP contribution in [0.4, 0.5) is 0 Å². The Hall–Kier alpha value is -1.92. The molecule has 39 atom stereocenters. The Morgan fingerprint density at radius 2 is 0.672 bits per heavy atom. The number of rotatable bonds is 16. The normalized spacial score (nSPS) is 46.9. The van der Waals surface area contributed by atoms with Crippen molar-refractivity contribution in [1.82, 2.24) is 0 Å². The summed E-state index contributed by atoms with van der Waals surface area (Å²) in [7, 11) is 8.29. The van der Waals surface area contributed by atoms with Gasteiger partial charge in [-0.3, -0.25) is 28.8 Å². The van der Waals surface area contributed by atoms with Crippen LogP contribution >= 0.6 is 37.9 Å². The van der Waals surface area contributed by atoms with E-state index in [4.69, 9.17) is 18.1 Å². The number of carbonyl (C=O) groups excluding carboxylic acids is 6. The predicted molar refractivity (Wildman–Crippen MR) is 478 cm³/mol. The molecule has 13 saturated carbocycles. The molecule has 654 valence electrons. The maximum atomic E-state index is 13.5. The van der Waals surface area contributed by atoms with Crippen molar-refractivity contribution < 1.29 is 57.1 Å². The van der Waals surface area contributed by atoms with E-state index >= 15 is 0 Å². The molecule has 16 heteroatoms. The van der Waals surface area contributed by atoms with E-state index in [1.54, 1.807) is 11.1 Å². The topological polar surface area (TPSA) is 180 Å². The van der Waals surface area contributed by atoms with Gasteiger partial charge in [-0.1, -0.05) is 146 Å². The molecule has 0 aromatic rings. The van der Waals surface area contributed by atoms with Crippen LogP contribution in [-0.4, -0.2) is 57.9 Å². The molecule has 16 aliphatic rings. The lowest BCUT2D eigenvalue weighted by Crippen LogP contribution is -2.57. The van der Waals surface area contributed by atoms with Gasteiger partial charge in [-0.15, -0.1) is 0 Å². The van der Waals surface area contributed by atoms with E-state index in [1.807, 2.05) is 0 Å². The van der Waals surface area contributed by atoms with Crippen molar-refractivity contribution in [1.29, 1.82) is 0 Å². The fraction of sp³-hybridized carbons (Fsp3) is 0.880. The second-order valence-corrected chi connectivity index (χ2v) is 46.9. The van der Waals surface area contributed by atoms with Crippen LogP contribution in [0.2, 0.25) is 0 Å². The largest absolute Gasteiger partial charge is 0.452 e. The summed E-state index contributed by atoms with van der Waals surface area (Å²) in [6.07, 6.45) is 47.7. The van der Waals surface area contributed by atoms with Crippen LogP contribution in [-0.2, 0) is 46.9 Å². The van der Waals surface area contributed by atoms with Gasteiger partial charge in [-0.2, -0.15) is 0 Å². The number of allylic oxidation sites excluding steroid dienone is 4. The molecule has 0 saturated heterocycles. The first-order chi connectivity index (χ1) is 54.8. The average Bonchev–Trinajstić information content (AvgIpc) is 1.40. The average molecular weight is 1680 g/mol. The lowest BCUT2D eigenvalue weighted by Gasteiger charge is -2.60.